The highest BCUT2D eigenvalue weighted by molar-refractivity contribution is 9.10. The summed E-state index contributed by atoms with van der Waals surface area (Å²) in [6.07, 6.45) is 2.26. The van der Waals surface area contributed by atoms with E-state index in [9.17, 15) is 0 Å². The second-order valence-electron chi connectivity index (χ2n) is 5.82. The third-order valence-corrected chi connectivity index (χ3v) is 4.73. The molecule has 0 amide bonds. The summed E-state index contributed by atoms with van der Waals surface area (Å²) in [5.74, 6) is 1.54. The summed E-state index contributed by atoms with van der Waals surface area (Å²) in [7, 11) is 0. The second-order valence-corrected chi connectivity index (χ2v) is 7.24. The number of hydrogen-bond acceptors (Lipinski definition) is 3. The van der Waals surface area contributed by atoms with Crippen LogP contribution in [0.3, 0.4) is 0 Å². The van der Waals surface area contributed by atoms with Crippen molar-refractivity contribution in [3.05, 3.63) is 22.2 Å². The Labute approximate surface area is 143 Å². The highest BCUT2D eigenvalue weighted by Gasteiger charge is 2.32. The summed E-state index contributed by atoms with van der Waals surface area (Å²) < 4.78 is 18.6. The zero-order valence-electron chi connectivity index (χ0n) is 12.7. The van der Waals surface area contributed by atoms with E-state index in [0.29, 0.717) is 13.2 Å². The first kappa shape index (κ1) is 17.1. The Balaban J connectivity index is 2.08. The Morgan fingerprint density at radius 1 is 1.33 bits per heavy atom. The third-order valence-electron chi connectivity index (χ3n) is 3.49. The van der Waals surface area contributed by atoms with Gasteiger partial charge < -0.3 is 14.2 Å². The molecule has 1 fully saturated rings. The maximum atomic E-state index is 5.99. The molecular formula is C16H22Br2O3. The largest absolute Gasteiger partial charge is 0.490 e. The minimum atomic E-state index is -0.0339. The first-order chi connectivity index (χ1) is 9.95. The Morgan fingerprint density at radius 3 is 2.67 bits per heavy atom. The summed E-state index contributed by atoms with van der Waals surface area (Å²) in [5, 5.41) is 0.784. The van der Waals surface area contributed by atoms with Gasteiger partial charge in [0, 0.05) is 5.33 Å². The minimum absolute atomic E-state index is 0.0339. The van der Waals surface area contributed by atoms with Crippen LogP contribution in [0, 0.1) is 0 Å². The monoisotopic (exact) mass is 420 g/mol. The lowest BCUT2D eigenvalue weighted by molar-refractivity contribution is -0.0330. The van der Waals surface area contributed by atoms with E-state index < -0.39 is 0 Å². The molecule has 0 spiro atoms. The number of benzene rings is 1. The number of alkyl halides is 1. The van der Waals surface area contributed by atoms with Crippen LogP contribution < -0.4 is 9.47 Å². The molecule has 21 heavy (non-hydrogen) atoms. The molecule has 1 atom stereocenters. The smallest absolute Gasteiger partial charge is 0.175 e. The van der Waals surface area contributed by atoms with Crippen molar-refractivity contribution in [2.24, 2.45) is 0 Å². The first-order valence-corrected chi connectivity index (χ1v) is 9.18. The predicted octanol–water partition coefficient (Wildman–Crippen LogP) is 5.08. The summed E-state index contributed by atoms with van der Waals surface area (Å²) in [6, 6.07) is 4.06. The van der Waals surface area contributed by atoms with E-state index in [-0.39, 0.29) is 11.7 Å². The van der Waals surface area contributed by atoms with Crippen LogP contribution in [0.1, 0.15) is 39.2 Å². The highest BCUT2D eigenvalue weighted by Crippen LogP contribution is 2.38. The topological polar surface area (TPSA) is 27.7 Å². The fourth-order valence-electron chi connectivity index (χ4n) is 2.47. The van der Waals surface area contributed by atoms with Crippen molar-refractivity contribution in [3.8, 4) is 11.5 Å². The fraction of sp³-hybridized carbons (Fsp3) is 0.625. The summed E-state index contributed by atoms with van der Waals surface area (Å²) in [4.78, 5) is 0. The highest BCUT2D eigenvalue weighted by atomic mass is 79.9. The number of ether oxygens (including phenoxy) is 3. The summed E-state index contributed by atoms with van der Waals surface area (Å²) in [6.45, 7) is 7.39. The van der Waals surface area contributed by atoms with E-state index in [1.807, 2.05) is 19.1 Å². The molecule has 1 aromatic rings. The van der Waals surface area contributed by atoms with Gasteiger partial charge in [0.1, 0.15) is 6.61 Å². The molecule has 1 heterocycles. The average molecular weight is 422 g/mol. The van der Waals surface area contributed by atoms with Crippen molar-refractivity contribution >= 4 is 31.9 Å². The normalized spacial score (nSPS) is 20.5. The van der Waals surface area contributed by atoms with E-state index in [1.165, 1.54) is 0 Å². The molecule has 1 aliphatic heterocycles. The van der Waals surface area contributed by atoms with Crippen molar-refractivity contribution in [1.82, 2.24) is 0 Å². The fourth-order valence-corrected chi connectivity index (χ4v) is 3.40. The molecular weight excluding hydrogens is 400 g/mol. The minimum Gasteiger partial charge on any atom is -0.490 e. The summed E-state index contributed by atoms with van der Waals surface area (Å²) >= 11 is 7.04. The van der Waals surface area contributed by atoms with E-state index >= 15 is 0 Å². The molecule has 3 nitrogen and oxygen atoms in total. The predicted molar refractivity (Wildman–Crippen MR) is 91.6 cm³/mol. The van der Waals surface area contributed by atoms with Gasteiger partial charge in [-0.1, -0.05) is 15.9 Å². The van der Waals surface area contributed by atoms with Crippen molar-refractivity contribution < 1.29 is 14.2 Å². The van der Waals surface area contributed by atoms with E-state index in [0.717, 1.165) is 39.7 Å². The molecule has 1 unspecified atom stereocenters. The third kappa shape index (κ3) is 4.60. The lowest BCUT2D eigenvalue weighted by Crippen LogP contribution is -2.24. The molecule has 0 N–H and O–H groups in total. The molecule has 1 aromatic carbocycles. The Morgan fingerprint density at radius 2 is 2.10 bits per heavy atom. The SMILES string of the molecule is CCOc1cc(CBr)cc(Br)c1OCC1CCC(C)(C)O1. The van der Waals surface area contributed by atoms with E-state index in [4.69, 9.17) is 14.2 Å². The van der Waals surface area contributed by atoms with Gasteiger partial charge in [-0.3, -0.25) is 0 Å². The van der Waals surface area contributed by atoms with Gasteiger partial charge >= 0.3 is 0 Å². The molecule has 0 aliphatic carbocycles. The number of rotatable bonds is 6. The quantitative estimate of drug-likeness (QED) is 0.599. The molecule has 0 saturated carbocycles. The van der Waals surface area contributed by atoms with Crippen LogP contribution in [-0.4, -0.2) is 24.9 Å². The molecule has 0 aromatic heterocycles. The van der Waals surface area contributed by atoms with Crippen LogP contribution >= 0.6 is 31.9 Å². The van der Waals surface area contributed by atoms with Crippen molar-refractivity contribution in [3.63, 3.8) is 0 Å². The first-order valence-electron chi connectivity index (χ1n) is 7.27. The second kappa shape index (κ2) is 7.34. The van der Waals surface area contributed by atoms with Gasteiger partial charge in [0.25, 0.3) is 0 Å². The van der Waals surface area contributed by atoms with Crippen molar-refractivity contribution in [1.29, 1.82) is 0 Å². The van der Waals surface area contributed by atoms with Gasteiger partial charge in [0.15, 0.2) is 11.5 Å². The standard InChI is InChI=1S/C16H22Br2O3/c1-4-19-14-8-11(9-17)7-13(18)15(14)20-10-12-5-6-16(2,3)21-12/h7-8,12H,4-6,9-10H2,1-3H3. The molecule has 1 saturated heterocycles. The number of hydrogen-bond donors (Lipinski definition) is 0. The Bertz CT molecular complexity index is 489. The van der Waals surface area contributed by atoms with Gasteiger partial charge in [0.2, 0.25) is 0 Å². The van der Waals surface area contributed by atoms with Crippen LogP contribution in [0.4, 0.5) is 0 Å². The average Bonchev–Trinajstić information content (AvgIpc) is 2.77. The lowest BCUT2D eigenvalue weighted by Gasteiger charge is -2.20. The van der Waals surface area contributed by atoms with Gasteiger partial charge in [0.05, 0.1) is 22.8 Å². The zero-order valence-corrected chi connectivity index (χ0v) is 15.9. The van der Waals surface area contributed by atoms with E-state index in [2.05, 4.69) is 45.7 Å². The molecule has 5 heteroatoms. The maximum Gasteiger partial charge on any atom is 0.175 e. The van der Waals surface area contributed by atoms with Gasteiger partial charge in [-0.05, 0) is 67.2 Å². The van der Waals surface area contributed by atoms with Crippen LogP contribution in [0.5, 0.6) is 11.5 Å². The molecule has 2 rings (SSSR count). The molecule has 118 valence electrons. The Hall–Kier alpha value is -0.260. The van der Waals surface area contributed by atoms with Gasteiger partial charge in [-0.2, -0.15) is 0 Å². The van der Waals surface area contributed by atoms with Crippen LogP contribution in [0.15, 0.2) is 16.6 Å². The zero-order chi connectivity index (χ0) is 15.5. The van der Waals surface area contributed by atoms with Gasteiger partial charge in [-0.15, -0.1) is 0 Å². The number of halogens is 2. The molecule has 0 bridgehead atoms. The Kier molecular flexibility index (Phi) is 5.97. The lowest BCUT2D eigenvalue weighted by atomic mass is 10.1. The maximum absolute atomic E-state index is 5.99. The molecule has 0 radical (unpaired) electrons. The molecule has 1 aliphatic rings. The van der Waals surface area contributed by atoms with Gasteiger partial charge in [-0.25, -0.2) is 0 Å². The van der Waals surface area contributed by atoms with Crippen LogP contribution in [0.25, 0.3) is 0 Å². The van der Waals surface area contributed by atoms with Crippen molar-refractivity contribution in [2.45, 2.75) is 50.6 Å². The van der Waals surface area contributed by atoms with E-state index in [1.54, 1.807) is 0 Å². The summed E-state index contributed by atoms with van der Waals surface area (Å²) in [5.41, 5.74) is 1.12. The van der Waals surface area contributed by atoms with Crippen LogP contribution in [-0.2, 0) is 10.1 Å². The van der Waals surface area contributed by atoms with Crippen LogP contribution in [0.2, 0.25) is 0 Å². The van der Waals surface area contributed by atoms with Crippen molar-refractivity contribution in [2.75, 3.05) is 13.2 Å².